The smallest absolute Gasteiger partial charge is 0.238 e. The van der Waals surface area contributed by atoms with Crippen molar-refractivity contribution < 1.29 is 9.18 Å². The summed E-state index contributed by atoms with van der Waals surface area (Å²) in [5, 5.41) is 6.42. The number of likely N-dealkylation sites (tertiary alicyclic amines) is 1. The Bertz CT molecular complexity index is 557. The first-order chi connectivity index (χ1) is 11.1. The molecule has 0 aromatic heterocycles. The van der Waals surface area contributed by atoms with Gasteiger partial charge in [0.2, 0.25) is 5.91 Å². The van der Waals surface area contributed by atoms with E-state index < -0.39 is 5.82 Å². The molecule has 1 amide bonds. The molecule has 0 radical (unpaired) electrons. The number of hydrogen-bond donors (Lipinski definition) is 2. The molecule has 6 heteroatoms. The van der Waals surface area contributed by atoms with Gasteiger partial charge in [-0.3, -0.25) is 9.69 Å². The molecule has 2 N–H and O–H groups in total. The molecule has 0 atom stereocenters. The lowest BCUT2D eigenvalue weighted by Gasteiger charge is -2.32. The molecule has 4 nitrogen and oxygen atoms in total. The van der Waals surface area contributed by atoms with Crippen LogP contribution in [0.15, 0.2) is 18.2 Å². The SMILES string of the molecule is O=C(CN1CCC(NCC2CC2)CC1)Nc1ccc(F)c(Cl)c1. The number of hydrogen-bond acceptors (Lipinski definition) is 3. The molecular formula is C17H23ClFN3O. The number of carbonyl (C=O) groups is 1. The van der Waals surface area contributed by atoms with Gasteiger partial charge in [0.1, 0.15) is 5.82 Å². The third-order valence-electron chi connectivity index (χ3n) is 4.55. The summed E-state index contributed by atoms with van der Waals surface area (Å²) in [6.07, 6.45) is 4.92. The first-order valence-electron chi connectivity index (χ1n) is 8.31. The summed E-state index contributed by atoms with van der Waals surface area (Å²) in [7, 11) is 0. The summed E-state index contributed by atoms with van der Waals surface area (Å²) in [5.74, 6) is 0.337. The summed E-state index contributed by atoms with van der Waals surface area (Å²) in [6, 6.07) is 4.80. The number of piperidine rings is 1. The van der Waals surface area contributed by atoms with Crippen LogP contribution in [0, 0.1) is 11.7 Å². The number of amides is 1. The van der Waals surface area contributed by atoms with Crippen molar-refractivity contribution in [1.29, 1.82) is 0 Å². The fourth-order valence-electron chi connectivity index (χ4n) is 2.93. The van der Waals surface area contributed by atoms with Crippen molar-refractivity contribution in [2.24, 2.45) is 5.92 Å². The highest BCUT2D eigenvalue weighted by molar-refractivity contribution is 6.31. The maximum absolute atomic E-state index is 13.1. The van der Waals surface area contributed by atoms with Gasteiger partial charge in [-0.15, -0.1) is 0 Å². The standard InChI is InChI=1S/C17H23ClFN3O/c18-15-9-14(3-4-16(15)19)21-17(23)11-22-7-5-13(6-8-22)20-10-12-1-2-12/h3-4,9,12-13,20H,1-2,5-8,10-11H2,(H,21,23). The van der Waals surface area contributed by atoms with Gasteiger partial charge in [0, 0.05) is 24.8 Å². The van der Waals surface area contributed by atoms with Crippen molar-refractivity contribution in [3.63, 3.8) is 0 Å². The Morgan fingerprint density at radius 2 is 2.00 bits per heavy atom. The number of halogens is 2. The van der Waals surface area contributed by atoms with Crippen LogP contribution in [-0.2, 0) is 4.79 Å². The van der Waals surface area contributed by atoms with E-state index in [0.29, 0.717) is 18.3 Å². The van der Waals surface area contributed by atoms with Gasteiger partial charge < -0.3 is 10.6 Å². The highest BCUT2D eigenvalue weighted by Crippen LogP contribution is 2.28. The minimum absolute atomic E-state index is 0.0188. The number of nitrogens with one attached hydrogen (secondary N) is 2. The van der Waals surface area contributed by atoms with Gasteiger partial charge in [0.05, 0.1) is 11.6 Å². The van der Waals surface area contributed by atoms with E-state index in [-0.39, 0.29) is 10.9 Å². The molecule has 1 aromatic carbocycles. The fourth-order valence-corrected chi connectivity index (χ4v) is 3.11. The lowest BCUT2D eigenvalue weighted by Crippen LogP contribution is -2.45. The Balaban J connectivity index is 1.39. The highest BCUT2D eigenvalue weighted by atomic mass is 35.5. The summed E-state index contributed by atoms with van der Waals surface area (Å²) < 4.78 is 13.1. The monoisotopic (exact) mass is 339 g/mol. The second-order valence-corrected chi connectivity index (χ2v) is 6.99. The van der Waals surface area contributed by atoms with Crippen molar-refractivity contribution in [2.75, 3.05) is 31.5 Å². The van der Waals surface area contributed by atoms with Crippen LogP contribution in [0.4, 0.5) is 10.1 Å². The molecule has 1 saturated carbocycles. The normalized spacial score (nSPS) is 19.7. The molecule has 1 heterocycles. The highest BCUT2D eigenvalue weighted by Gasteiger charge is 2.25. The average Bonchev–Trinajstić information content (AvgIpc) is 3.34. The third-order valence-corrected chi connectivity index (χ3v) is 4.84. The molecule has 1 aromatic rings. The van der Waals surface area contributed by atoms with Crippen molar-refractivity contribution >= 4 is 23.2 Å². The van der Waals surface area contributed by atoms with E-state index in [2.05, 4.69) is 15.5 Å². The lowest BCUT2D eigenvalue weighted by molar-refractivity contribution is -0.117. The van der Waals surface area contributed by atoms with E-state index in [0.717, 1.165) is 38.4 Å². The molecule has 2 aliphatic rings. The Labute approximate surface area is 141 Å². The van der Waals surface area contributed by atoms with Gasteiger partial charge in [0.25, 0.3) is 0 Å². The zero-order valence-corrected chi connectivity index (χ0v) is 13.9. The van der Waals surface area contributed by atoms with Crippen LogP contribution < -0.4 is 10.6 Å². The fraction of sp³-hybridized carbons (Fsp3) is 0.588. The van der Waals surface area contributed by atoms with Crippen LogP contribution in [0.25, 0.3) is 0 Å². The van der Waals surface area contributed by atoms with Crippen molar-refractivity contribution in [3.8, 4) is 0 Å². The van der Waals surface area contributed by atoms with Crippen LogP contribution >= 0.6 is 11.6 Å². The molecule has 0 unspecified atom stereocenters. The number of rotatable bonds is 6. The number of carbonyl (C=O) groups excluding carboxylic acids is 1. The molecule has 126 valence electrons. The van der Waals surface area contributed by atoms with Crippen LogP contribution in [-0.4, -0.2) is 43.0 Å². The zero-order chi connectivity index (χ0) is 16.2. The Morgan fingerprint density at radius 3 is 2.65 bits per heavy atom. The van der Waals surface area contributed by atoms with Crippen LogP contribution in [0.5, 0.6) is 0 Å². The van der Waals surface area contributed by atoms with E-state index in [1.807, 2.05) is 0 Å². The Kier molecular flexibility index (Phi) is 5.51. The summed E-state index contributed by atoms with van der Waals surface area (Å²) >= 11 is 5.72. The van der Waals surface area contributed by atoms with Gasteiger partial charge in [-0.1, -0.05) is 11.6 Å². The first-order valence-corrected chi connectivity index (χ1v) is 8.68. The predicted molar refractivity (Wildman–Crippen MR) is 90.2 cm³/mol. The quantitative estimate of drug-likeness (QED) is 0.837. The van der Waals surface area contributed by atoms with Gasteiger partial charge in [-0.25, -0.2) is 4.39 Å². The van der Waals surface area contributed by atoms with Gasteiger partial charge >= 0.3 is 0 Å². The van der Waals surface area contributed by atoms with Crippen LogP contribution in [0.1, 0.15) is 25.7 Å². The molecule has 23 heavy (non-hydrogen) atoms. The zero-order valence-electron chi connectivity index (χ0n) is 13.2. The molecule has 1 aliphatic heterocycles. The maximum atomic E-state index is 13.1. The first kappa shape index (κ1) is 16.7. The maximum Gasteiger partial charge on any atom is 0.238 e. The minimum atomic E-state index is -0.481. The second-order valence-electron chi connectivity index (χ2n) is 6.58. The average molecular weight is 340 g/mol. The van der Waals surface area contributed by atoms with Crippen molar-refractivity contribution in [3.05, 3.63) is 29.0 Å². The third kappa shape index (κ3) is 5.16. The molecule has 1 aliphatic carbocycles. The topological polar surface area (TPSA) is 44.4 Å². The minimum Gasteiger partial charge on any atom is -0.325 e. The largest absolute Gasteiger partial charge is 0.325 e. The van der Waals surface area contributed by atoms with Gasteiger partial charge in [0.15, 0.2) is 0 Å². The van der Waals surface area contributed by atoms with Crippen LogP contribution in [0.3, 0.4) is 0 Å². The molecule has 2 fully saturated rings. The van der Waals surface area contributed by atoms with E-state index in [1.54, 1.807) is 0 Å². The van der Waals surface area contributed by atoms with E-state index in [9.17, 15) is 9.18 Å². The molecular weight excluding hydrogens is 317 g/mol. The number of nitrogens with zero attached hydrogens (tertiary/aromatic N) is 1. The summed E-state index contributed by atoms with van der Waals surface area (Å²) in [4.78, 5) is 14.2. The Morgan fingerprint density at radius 1 is 1.26 bits per heavy atom. The van der Waals surface area contributed by atoms with E-state index in [1.165, 1.54) is 31.0 Å². The molecule has 3 rings (SSSR count). The van der Waals surface area contributed by atoms with Gasteiger partial charge in [-0.2, -0.15) is 0 Å². The summed E-state index contributed by atoms with van der Waals surface area (Å²) in [6.45, 7) is 3.38. The Hall–Kier alpha value is -1.17. The predicted octanol–water partition coefficient (Wildman–Crippen LogP) is 2.88. The van der Waals surface area contributed by atoms with Crippen molar-refractivity contribution in [1.82, 2.24) is 10.2 Å². The van der Waals surface area contributed by atoms with Crippen LogP contribution in [0.2, 0.25) is 5.02 Å². The van der Waals surface area contributed by atoms with Crippen molar-refractivity contribution in [2.45, 2.75) is 31.7 Å². The molecule has 0 bridgehead atoms. The van der Waals surface area contributed by atoms with E-state index >= 15 is 0 Å². The van der Waals surface area contributed by atoms with E-state index in [4.69, 9.17) is 11.6 Å². The second kappa shape index (κ2) is 7.60. The van der Waals surface area contributed by atoms with Gasteiger partial charge in [-0.05, 0) is 56.3 Å². The molecule has 0 spiro atoms. The summed E-state index contributed by atoms with van der Waals surface area (Å²) in [5.41, 5.74) is 0.530. The number of anilines is 1. The number of benzene rings is 1. The molecule has 1 saturated heterocycles. The lowest BCUT2D eigenvalue weighted by atomic mass is 10.0.